The normalized spacial score (nSPS) is 16.9. The van der Waals surface area contributed by atoms with Crippen molar-refractivity contribution in [2.45, 2.75) is 32.4 Å². The van der Waals surface area contributed by atoms with Gasteiger partial charge in [-0.05, 0) is 54.8 Å². The van der Waals surface area contributed by atoms with Crippen molar-refractivity contribution in [1.82, 2.24) is 10.2 Å². The monoisotopic (exact) mass is 506 g/mol. The fraction of sp³-hybridized carbons (Fsp3) is 0.222. The van der Waals surface area contributed by atoms with Crippen LogP contribution in [0, 0.1) is 36.0 Å². The van der Waals surface area contributed by atoms with Crippen LogP contribution >= 0.6 is 0 Å². The molecule has 4 N–H and O–H groups in total. The number of alkyl halides is 3. The fourth-order valence-corrected chi connectivity index (χ4v) is 4.73. The van der Waals surface area contributed by atoms with Gasteiger partial charge in [0.05, 0.1) is 22.1 Å². The van der Waals surface area contributed by atoms with Crippen LogP contribution in [-0.4, -0.2) is 21.3 Å². The summed E-state index contributed by atoms with van der Waals surface area (Å²) in [6, 6.07) is 11.2. The molecule has 2 aromatic carbocycles. The van der Waals surface area contributed by atoms with Gasteiger partial charge in [0.25, 0.3) is 0 Å². The highest BCUT2D eigenvalue weighted by Gasteiger charge is 2.51. The molecule has 3 aromatic rings. The molecule has 0 radical (unpaired) electrons. The number of hydrogen-bond donors (Lipinski definition) is 3. The number of aromatic carboxylic acids is 1. The Balaban J connectivity index is 2.02. The number of aromatic amines is 1. The van der Waals surface area contributed by atoms with Gasteiger partial charge in [-0.2, -0.15) is 18.4 Å². The van der Waals surface area contributed by atoms with E-state index in [0.29, 0.717) is 16.8 Å². The number of carbonyl (C=O) groups is 1. The van der Waals surface area contributed by atoms with Crippen molar-refractivity contribution in [2.24, 2.45) is 11.7 Å². The van der Waals surface area contributed by atoms with E-state index in [1.165, 1.54) is 24.3 Å². The summed E-state index contributed by atoms with van der Waals surface area (Å²) >= 11 is 0. The van der Waals surface area contributed by atoms with E-state index in [1.807, 2.05) is 6.07 Å². The van der Waals surface area contributed by atoms with Crippen LogP contribution in [0.3, 0.4) is 0 Å². The van der Waals surface area contributed by atoms with Crippen LogP contribution in [-0.2, 0) is 11.6 Å². The van der Waals surface area contributed by atoms with Gasteiger partial charge >= 0.3 is 12.1 Å². The minimum absolute atomic E-state index is 0.000246. The average molecular weight is 506 g/mol. The number of nitriles is 1. The molecule has 0 amide bonds. The van der Waals surface area contributed by atoms with Crippen molar-refractivity contribution in [3.8, 4) is 23.8 Å². The number of carboxylic acids is 1. The number of halogens is 3. The Kier molecular flexibility index (Phi) is 6.22. The smallest absolute Gasteiger partial charge is 0.416 e. The van der Waals surface area contributed by atoms with Gasteiger partial charge in [0.15, 0.2) is 0 Å². The summed E-state index contributed by atoms with van der Waals surface area (Å²) in [4.78, 5) is 11.3. The van der Waals surface area contributed by atoms with Gasteiger partial charge in [0.1, 0.15) is 11.6 Å². The standard InChI is InChI=1S/C27H21F3N4O3/c1-14(2)26(21(13-31)23(32)37-24-22(26)15(3)33-34-24)19-10-17(11-20(12-19)27(28,29)30)8-7-16-5-4-6-18(9-16)25(35)36/h4-6,9-12,14H,32H2,1-3H3,(H,33,34)(H,35,36). The van der Waals surface area contributed by atoms with Gasteiger partial charge in [0, 0.05) is 16.8 Å². The molecule has 0 aliphatic carbocycles. The number of nitrogens with two attached hydrogens (primary N) is 1. The van der Waals surface area contributed by atoms with Crippen LogP contribution in [0.15, 0.2) is 53.9 Å². The molecule has 1 aliphatic heterocycles. The van der Waals surface area contributed by atoms with Gasteiger partial charge in [-0.1, -0.05) is 31.8 Å². The summed E-state index contributed by atoms with van der Waals surface area (Å²) < 4.78 is 47.7. The van der Waals surface area contributed by atoms with E-state index in [9.17, 15) is 28.3 Å². The van der Waals surface area contributed by atoms with E-state index in [4.69, 9.17) is 10.5 Å². The first-order valence-corrected chi connectivity index (χ1v) is 11.1. The number of carboxylic acid groups (broad SMARTS) is 1. The number of nitrogens with one attached hydrogen (secondary N) is 1. The minimum atomic E-state index is -4.71. The SMILES string of the molecule is Cc1[nH]nc2c1C(c1cc(C#Cc3cccc(C(=O)O)c3)cc(C(F)(F)F)c1)(C(C)C)C(C#N)=C(N)O2. The molecule has 0 saturated heterocycles. The zero-order chi connectivity index (χ0) is 27.1. The fourth-order valence-electron chi connectivity index (χ4n) is 4.73. The summed E-state index contributed by atoms with van der Waals surface area (Å²) in [6.45, 7) is 5.23. The minimum Gasteiger partial charge on any atom is -0.478 e. The molecule has 1 unspecified atom stereocenters. The van der Waals surface area contributed by atoms with Gasteiger partial charge in [0.2, 0.25) is 11.8 Å². The molecule has 0 spiro atoms. The van der Waals surface area contributed by atoms with Gasteiger partial charge in [-0.25, -0.2) is 4.79 Å². The number of H-pyrrole nitrogens is 1. The first kappa shape index (κ1) is 25.4. The molecular weight excluding hydrogens is 485 g/mol. The summed E-state index contributed by atoms with van der Waals surface area (Å²) in [5.41, 5.74) is 5.09. The number of aryl methyl sites for hydroxylation is 1. The van der Waals surface area contributed by atoms with Gasteiger partial charge in [-0.15, -0.1) is 5.10 Å². The number of benzene rings is 2. The zero-order valence-electron chi connectivity index (χ0n) is 20.0. The molecular formula is C27H21F3N4O3. The number of rotatable bonds is 3. The number of ether oxygens (including phenoxy) is 1. The quantitative estimate of drug-likeness (QED) is 0.436. The molecule has 0 saturated carbocycles. The predicted octanol–water partition coefficient (Wildman–Crippen LogP) is 4.86. The summed E-state index contributed by atoms with van der Waals surface area (Å²) in [5, 5.41) is 26.2. The zero-order valence-corrected chi connectivity index (χ0v) is 20.0. The van der Waals surface area contributed by atoms with Crippen LogP contribution < -0.4 is 10.5 Å². The molecule has 7 nitrogen and oxygen atoms in total. The molecule has 0 fully saturated rings. The Morgan fingerprint density at radius 3 is 2.51 bits per heavy atom. The van der Waals surface area contributed by atoms with E-state index in [-0.39, 0.29) is 34.0 Å². The van der Waals surface area contributed by atoms with Crippen molar-refractivity contribution in [2.75, 3.05) is 0 Å². The Hall–Kier alpha value is -4.70. The molecule has 4 rings (SSSR count). The second-order valence-electron chi connectivity index (χ2n) is 8.88. The Labute approximate surface area is 210 Å². The lowest BCUT2D eigenvalue weighted by atomic mass is 9.61. The number of fused-ring (bicyclic) bond motifs is 1. The largest absolute Gasteiger partial charge is 0.478 e. The Morgan fingerprint density at radius 2 is 1.89 bits per heavy atom. The maximum atomic E-state index is 14.1. The number of hydrogen-bond acceptors (Lipinski definition) is 5. The lowest BCUT2D eigenvalue weighted by molar-refractivity contribution is -0.137. The van der Waals surface area contributed by atoms with Crippen molar-refractivity contribution in [3.05, 3.63) is 93.0 Å². The summed E-state index contributed by atoms with van der Waals surface area (Å²) in [7, 11) is 0. The molecule has 1 aliphatic rings. The van der Waals surface area contributed by atoms with Crippen molar-refractivity contribution in [1.29, 1.82) is 5.26 Å². The lowest BCUT2D eigenvalue weighted by Crippen LogP contribution is -2.41. The third-order valence-corrected chi connectivity index (χ3v) is 6.31. The van der Waals surface area contributed by atoms with E-state index >= 15 is 0 Å². The number of allylic oxidation sites excluding steroid dienone is 1. The predicted molar refractivity (Wildman–Crippen MR) is 127 cm³/mol. The van der Waals surface area contributed by atoms with Crippen LogP contribution in [0.1, 0.15) is 57.7 Å². The third kappa shape index (κ3) is 4.27. The van der Waals surface area contributed by atoms with Crippen LogP contribution in [0.4, 0.5) is 13.2 Å². The highest BCUT2D eigenvalue weighted by atomic mass is 19.4. The number of nitrogens with zero attached hydrogens (tertiary/aromatic N) is 2. The van der Waals surface area contributed by atoms with Crippen LogP contribution in [0.2, 0.25) is 0 Å². The van der Waals surface area contributed by atoms with Crippen LogP contribution in [0.25, 0.3) is 0 Å². The van der Waals surface area contributed by atoms with E-state index < -0.39 is 29.0 Å². The second kappa shape index (κ2) is 9.07. The third-order valence-electron chi connectivity index (χ3n) is 6.31. The van der Waals surface area contributed by atoms with Crippen molar-refractivity contribution >= 4 is 5.97 Å². The first-order valence-electron chi connectivity index (χ1n) is 11.1. The lowest BCUT2D eigenvalue weighted by Gasteiger charge is -2.41. The number of aromatic nitrogens is 2. The molecule has 1 aromatic heterocycles. The second-order valence-corrected chi connectivity index (χ2v) is 8.88. The van der Waals surface area contributed by atoms with Crippen molar-refractivity contribution in [3.63, 3.8) is 0 Å². The first-order chi connectivity index (χ1) is 17.4. The molecule has 0 bridgehead atoms. The van der Waals surface area contributed by atoms with Crippen LogP contribution in [0.5, 0.6) is 5.88 Å². The maximum Gasteiger partial charge on any atom is 0.416 e. The Bertz CT molecular complexity index is 1550. The van der Waals surface area contributed by atoms with Gasteiger partial charge in [-0.3, -0.25) is 5.10 Å². The Morgan fingerprint density at radius 1 is 1.19 bits per heavy atom. The highest BCUT2D eigenvalue weighted by molar-refractivity contribution is 5.88. The van der Waals surface area contributed by atoms with E-state index in [0.717, 1.165) is 12.1 Å². The molecule has 37 heavy (non-hydrogen) atoms. The van der Waals surface area contributed by atoms with Gasteiger partial charge < -0.3 is 15.6 Å². The molecule has 2 heterocycles. The topological polar surface area (TPSA) is 125 Å². The molecule has 1 atom stereocenters. The summed E-state index contributed by atoms with van der Waals surface area (Å²) in [6.07, 6.45) is -4.71. The maximum absolute atomic E-state index is 14.1. The summed E-state index contributed by atoms with van der Waals surface area (Å²) in [5.74, 6) is 3.70. The molecule has 10 heteroatoms. The van der Waals surface area contributed by atoms with Crippen molar-refractivity contribution < 1.29 is 27.8 Å². The average Bonchev–Trinajstić information content (AvgIpc) is 3.21. The van der Waals surface area contributed by atoms with E-state index in [1.54, 1.807) is 26.8 Å². The van der Waals surface area contributed by atoms with E-state index in [2.05, 4.69) is 22.0 Å². The highest BCUT2D eigenvalue weighted by Crippen LogP contribution is 2.53. The molecule has 188 valence electrons.